The van der Waals surface area contributed by atoms with E-state index in [0.717, 1.165) is 10.0 Å². The van der Waals surface area contributed by atoms with Gasteiger partial charge in [0.25, 0.3) is 5.91 Å². The average molecular weight is 399 g/mol. The van der Waals surface area contributed by atoms with Crippen LogP contribution in [-0.2, 0) is 11.3 Å². The zero-order valence-corrected chi connectivity index (χ0v) is 14.3. The Morgan fingerprint density at radius 3 is 2.87 bits per heavy atom. The topological polar surface area (TPSA) is 56.8 Å². The van der Waals surface area contributed by atoms with Gasteiger partial charge < -0.3 is 19.5 Å². The number of halogens is 2. The smallest absolute Gasteiger partial charge is 0.258 e. The number of nitrogens with one attached hydrogen (secondary N) is 1. The third-order valence-electron chi connectivity index (χ3n) is 3.18. The van der Waals surface area contributed by atoms with Gasteiger partial charge in [-0.2, -0.15) is 0 Å². The lowest BCUT2D eigenvalue weighted by molar-refractivity contribution is -0.123. The highest BCUT2D eigenvalue weighted by Crippen LogP contribution is 2.32. The predicted molar refractivity (Wildman–Crippen MR) is 89.1 cm³/mol. The largest absolute Gasteiger partial charge is 0.482 e. The molecule has 0 spiro atoms. The molecule has 1 amide bonds. The molecular weight excluding hydrogens is 386 g/mol. The maximum Gasteiger partial charge on any atom is 0.258 e. The molecule has 0 saturated heterocycles. The molecule has 23 heavy (non-hydrogen) atoms. The van der Waals surface area contributed by atoms with Crippen LogP contribution in [0.3, 0.4) is 0 Å². The fraction of sp³-hybridized carbons (Fsp3) is 0.188. The molecule has 7 heteroatoms. The summed E-state index contributed by atoms with van der Waals surface area (Å²) in [6.07, 6.45) is 0. The minimum atomic E-state index is -0.235. The van der Waals surface area contributed by atoms with E-state index in [9.17, 15) is 4.79 Å². The summed E-state index contributed by atoms with van der Waals surface area (Å²) in [7, 11) is 0. The summed E-state index contributed by atoms with van der Waals surface area (Å²) < 4.78 is 16.8. The summed E-state index contributed by atoms with van der Waals surface area (Å²) in [4.78, 5) is 11.9. The Morgan fingerprint density at radius 1 is 1.22 bits per heavy atom. The van der Waals surface area contributed by atoms with E-state index in [1.165, 1.54) is 0 Å². The van der Waals surface area contributed by atoms with Crippen molar-refractivity contribution in [3.8, 4) is 17.2 Å². The van der Waals surface area contributed by atoms with E-state index in [1.54, 1.807) is 18.2 Å². The Balaban J connectivity index is 1.50. The van der Waals surface area contributed by atoms with E-state index in [1.807, 2.05) is 18.2 Å². The lowest BCUT2D eigenvalue weighted by Gasteiger charge is -2.09. The Morgan fingerprint density at radius 2 is 2.04 bits per heavy atom. The maximum atomic E-state index is 11.9. The van der Waals surface area contributed by atoms with Gasteiger partial charge in [0.1, 0.15) is 5.75 Å². The fourth-order valence-electron chi connectivity index (χ4n) is 2.04. The average Bonchev–Trinajstić information content (AvgIpc) is 2.99. The monoisotopic (exact) mass is 397 g/mol. The fourth-order valence-corrected chi connectivity index (χ4v) is 2.77. The van der Waals surface area contributed by atoms with Crippen molar-refractivity contribution >= 4 is 33.4 Å². The normalized spacial score (nSPS) is 12.1. The third kappa shape index (κ3) is 4.09. The van der Waals surface area contributed by atoms with Crippen molar-refractivity contribution in [3.63, 3.8) is 0 Å². The highest BCUT2D eigenvalue weighted by Gasteiger charge is 2.13. The third-order valence-corrected chi connectivity index (χ3v) is 3.97. The number of carbonyl (C=O) groups is 1. The van der Waals surface area contributed by atoms with Crippen LogP contribution < -0.4 is 19.5 Å². The molecule has 2 aromatic carbocycles. The van der Waals surface area contributed by atoms with Gasteiger partial charge in [-0.25, -0.2) is 0 Å². The molecule has 1 aliphatic heterocycles. The standard InChI is InChI=1S/C16H13BrClNO4/c17-11-2-4-13(12(18)6-11)21-8-16(20)19-7-10-1-3-14-15(5-10)23-9-22-14/h1-6H,7-9H2,(H,19,20). The molecule has 0 saturated carbocycles. The number of rotatable bonds is 5. The first kappa shape index (κ1) is 16.0. The van der Waals surface area contributed by atoms with Gasteiger partial charge in [0.15, 0.2) is 18.1 Å². The molecule has 3 rings (SSSR count). The van der Waals surface area contributed by atoms with E-state index in [-0.39, 0.29) is 19.3 Å². The van der Waals surface area contributed by atoms with Crippen molar-refractivity contribution in [2.24, 2.45) is 0 Å². The first-order valence-electron chi connectivity index (χ1n) is 6.85. The van der Waals surface area contributed by atoms with Crippen LogP contribution in [0.2, 0.25) is 5.02 Å². The van der Waals surface area contributed by atoms with Crippen LogP contribution in [0.15, 0.2) is 40.9 Å². The number of benzene rings is 2. The van der Waals surface area contributed by atoms with Crippen molar-refractivity contribution in [3.05, 3.63) is 51.5 Å². The second kappa shape index (κ2) is 7.10. The molecule has 1 N–H and O–H groups in total. The Labute approximate surface area is 146 Å². The quantitative estimate of drug-likeness (QED) is 0.837. The summed E-state index contributed by atoms with van der Waals surface area (Å²) >= 11 is 9.34. The second-order valence-corrected chi connectivity index (χ2v) is 6.15. The molecule has 0 aliphatic carbocycles. The number of carbonyl (C=O) groups excluding carboxylic acids is 1. The zero-order valence-electron chi connectivity index (χ0n) is 12.0. The summed E-state index contributed by atoms with van der Waals surface area (Å²) in [6, 6.07) is 10.8. The van der Waals surface area contributed by atoms with Crippen LogP contribution in [0, 0.1) is 0 Å². The highest BCUT2D eigenvalue weighted by molar-refractivity contribution is 9.10. The molecule has 2 aromatic rings. The van der Waals surface area contributed by atoms with E-state index >= 15 is 0 Å². The summed E-state index contributed by atoms with van der Waals surface area (Å²) in [5.41, 5.74) is 0.921. The second-order valence-electron chi connectivity index (χ2n) is 4.83. The van der Waals surface area contributed by atoms with Gasteiger partial charge in [0.2, 0.25) is 6.79 Å². The molecule has 0 aromatic heterocycles. The van der Waals surface area contributed by atoms with Gasteiger partial charge in [-0.1, -0.05) is 33.6 Å². The van der Waals surface area contributed by atoms with Crippen LogP contribution in [0.5, 0.6) is 17.2 Å². The Kier molecular flexibility index (Phi) is 4.93. The molecule has 120 valence electrons. The van der Waals surface area contributed by atoms with E-state index in [0.29, 0.717) is 28.8 Å². The first-order chi connectivity index (χ1) is 11.1. The highest BCUT2D eigenvalue weighted by atomic mass is 79.9. The molecule has 0 unspecified atom stereocenters. The van der Waals surface area contributed by atoms with E-state index < -0.39 is 0 Å². The Bertz CT molecular complexity index is 738. The molecular formula is C16H13BrClNO4. The molecule has 0 atom stereocenters. The number of hydrogen-bond acceptors (Lipinski definition) is 4. The van der Waals surface area contributed by atoms with Crippen molar-refractivity contribution in [2.45, 2.75) is 6.54 Å². The molecule has 1 aliphatic rings. The summed E-state index contributed by atoms with van der Waals surface area (Å²) in [5, 5.41) is 3.23. The van der Waals surface area contributed by atoms with Gasteiger partial charge >= 0.3 is 0 Å². The van der Waals surface area contributed by atoms with Crippen LogP contribution in [0.1, 0.15) is 5.56 Å². The number of amides is 1. The predicted octanol–water partition coefficient (Wildman–Crippen LogP) is 3.53. The first-order valence-corrected chi connectivity index (χ1v) is 8.02. The van der Waals surface area contributed by atoms with Gasteiger partial charge in [-0.3, -0.25) is 4.79 Å². The number of hydrogen-bond donors (Lipinski definition) is 1. The van der Waals surface area contributed by atoms with Gasteiger partial charge in [0, 0.05) is 11.0 Å². The van der Waals surface area contributed by atoms with Crippen molar-refractivity contribution in [1.29, 1.82) is 0 Å². The minimum Gasteiger partial charge on any atom is -0.482 e. The van der Waals surface area contributed by atoms with E-state index in [2.05, 4.69) is 21.2 Å². The van der Waals surface area contributed by atoms with Crippen molar-refractivity contribution in [2.75, 3.05) is 13.4 Å². The van der Waals surface area contributed by atoms with Gasteiger partial charge in [-0.05, 0) is 35.9 Å². The number of ether oxygens (including phenoxy) is 3. The molecule has 0 radical (unpaired) electrons. The molecule has 1 heterocycles. The van der Waals surface area contributed by atoms with Crippen LogP contribution in [0.25, 0.3) is 0 Å². The summed E-state index contributed by atoms with van der Waals surface area (Å²) in [6.45, 7) is 0.506. The van der Waals surface area contributed by atoms with Crippen LogP contribution in [-0.4, -0.2) is 19.3 Å². The maximum absolute atomic E-state index is 11.9. The zero-order chi connectivity index (χ0) is 16.2. The van der Waals surface area contributed by atoms with Gasteiger partial charge in [0.05, 0.1) is 5.02 Å². The number of fused-ring (bicyclic) bond motifs is 1. The lowest BCUT2D eigenvalue weighted by Crippen LogP contribution is -2.28. The van der Waals surface area contributed by atoms with Crippen molar-refractivity contribution in [1.82, 2.24) is 5.32 Å². The SMILES string of the molecule is O=C(COc1ccc(Br)cc1Cl)NCc1ccc2c(c1)OCO2. The molecule has 0 fully saturated rings. The van der Waals surface area contributed by atoms with Crippen molar-refractivity contribution < 1.29 is 19.0 Å². The Hall–Kier alpha value is -1.92. The van der Waals surface area contributed by atoms with Crippen LogP contribution >= 0.6 is 27.5 Å². The lowest BCUT2D eigenvalue weighted by atomic mass is 10.2. The van der Waals surface area contributed by atoms with Crippen LogP contribution in [0.4, 0.5) is 0 Å². The minimum absolute atomic E-state index is 0.105. The molecule has 0 bridgehead atoms. The van der Waals surface area contributed by atoms with E-state index in [4.69, 9.17) is 25.8 Å². The molecule has 5 nitrogen and oxygen atoms in total. The summed E-state index contributed by atoms with van der Waals surface area (Å²) in [5.74, 6) is 1.64. The van der Waals surface area contributed by atoms with Gasteiger partial charge in [-0.15, -0.1) is 0 Å².